The second-order valence-electron chi connectivity index (χ2n) is 8.04. The Labute approximate surface area is 176 Å². The fraction of sp³-hybridized carbons (Fsp3) is 0.579. The molecule has 1 aliphatic heterocycles. The molecule has 1 saturated carbocycles. The maximum atomic E-state index is 15.5. The third kappa shape index (κ3) is 3.42. The molecule has 0 spiro atoms. The van der Waals surface area contributed by atoms with E-state index in [1.807, 2.05) is 4.98 Å². The minimum absolute atomic E-state index is 0.352. The molecule has 13 heteroatoms. The lowest BCUT2D eigenvalue weighted by molar-refractivity contribution is -0.178. The highest BCUT2D eigenvalue weighted by Gasteiger charge is 2.50. The predicted octanol–water partition coefficient (Wildman–Crippen LogP) is 2.68. The van der Waals surface area contributed by atoms with Crippen LogP contribution in [0, 0.1) is 17.7 Å². The average molecular weight is 466 g/mol. The largest absolute Gasteiger partial charge is 0.492 e. The quantitative estimate of drug-likeness (QED) is 0.661. The number of anilines is 1. The van der Waals surface area contributed by atoms with Crippen LogP contribution in [0.25, 0.3) is 10.9 Å². The van der Waals surface area contributed by atoms with E-state index in [4.69, 9.17) is 10.5 Å². The average Bonchev–Trinajstić information content (AvgIpc) is 3.43. The molecule has 2 fully saturated rings. The molecule has 1 aliphatic carbocycles. The van der Waals surface area contributed by atoms with Gasteiger partial charge in [0.1, 0.15) is 11.2 Å². The molecule has 3 N–H and O–H groups in total. The summed E-state index contributed by atoms with van der Waals surface area (Å²) in [6.45, 7) is -1.45. The number of ether oxygens (including phenoxy) is 1. The van der Waals surface area contributed by atoms with Crippen molar-refractivity contribution in [2.24, 2.45) is 17.6 Å². The number of nitrogens with one attached hydrogen (secondary N) is 1. The smallest absolute Gasteiger partial charge is 0.393 e. The van der Waals surface area contributed by atoms with E-state index in [1.165, 1.54) is 0 Å². The van der Waals surface area contributed by atoms with E-state index in [2.05, 4.69) is 0 Å². The Morgan fingerprint density at radius 1 is 1.22 bits per heavy atom. The Kier molecular flexibility index (Phi) is 5.42. The van der Waals surface area contributed by atoms with E-state index in [-0.39, 0.29) is 18.6 Å². The van der Waals surface area contributed by atoms with E-state index in [0.29, 0.717) is 12.8 Å². The lowest BCUT2D eigenvalue weighted by atomic mass is 9.96. The number of nitrogens with two attached hydrogens (primary N) is 1. The van der Waals surface area contributed by atoms with Crippen LogP contribution in [-0.4, -0.2) is 42.5 Å². The molecule has 2 unspecified atom stereocenters. The summed E-state index contributed by atoms with van der Waals surface area (Å²) in [7, 11) is 1.07. The summed E-state index contributed by atoms with van der Waals surface area (Å²) in [4.78, 5) is 27.8. The zero-order valence-electron chi connectivity index (χ0n) is 16.8. The van der Waals surface area contributed by atoms with Crippen LogP contribution in [0.3, 0.4) is 0 Å². The van der Waals surface area contributed by atoms with Crippen LogP contribution in [0.15, 0.2) is 9.59 Å². The van der Waals surface area contributed by atoms with Crippen LogP contribution in [0.4, 0.5) is 32.0 Å². The molecule has 0 radical (unpaired) electrons. The van der Waals surface area contributed by atoms with E-state index < -0.39 is 76.5 Å². The summed E-state index contributed by atoms with van der Waals surface area (Å²) >= 11 is 0. The third-order valence-corrected chi connectivity index (χ3v) is 6.10. The summed E-state index contributed by atoms with van der Waals surface area (Å²) in [5.41, 5.74) is 1.09. The van der Waals surface area contributed by atoms with Gasteiger partial charge in [0, 0.05) is 25.0 Å². The standard InChI is InChI=1S/C19H20F6N4O3/c1-32-15-13-11(17(30)27-18(31)29(13)8-2-3-8)10(16(21)22)12(20)14(15)28-5-7(4-26)9(6-28)19(23,24)25/h7-9,16H,2-6,26H2,1H3,(H,27,30,31). The fourth-order valence-electron chi connectivity index (χ4n) is 4.50. The molecule has 1 saturated heterocycles. The molecule has 0 bridgehead atoms. The van der Waals surface area contributed by atoms with Crippen molar-refractivity contribution in [1.29, 1.82) is 0 Å². The van der Waals surface area contributed by atoms with Gasteiger partial charge in [-0.3, -0.25) is 14.3 Å². The molecule has 4 rings (SSSR count). The lowest BCUT2D eigenvalue weighted by Crippen LogP contribution is -2.33. The molecule has 1 aromatic heterocycles. The van der Waals surface area contributed by atoms with Gasteiger partial charge in [-0.2, -0.15) is 13.2 Å². The Morgan fingerprint density at radius 2 is 1.88 bits per heavy atom. The first-order chi connectivity index (χ1) is 15.0. The molecule has 2 aliphatic rings. The van der Waals surface area contributed by atoms with E-state index in [0.717, 1.165) is 16.6 Å². The van der Waals surface area contributed by atoms with E-state index in [9.17, 15) is 31.5 Å². The monoisotopic (exact) mass is 466 g/mol. The number of benzene rings is 1. The molecule has 32 heavy (non-hydrogen) atoms. The van der Waals surface area contributed by atoms with Crippen molar-refractivity contribution in [2.75, 3.05) is 31.6 Å². The normalized spacial score (nSPS) is 21.7. The second-order valence-corrected chi connectivity index (χ2v) is 8.04. The molecular formula is C19H20F6N4O3. The Bertz CT molecular complexity index is 1170. The molecule has 0 amide bonds. The Morgan fingerprint density at radius 3 is 2.34 bits per heavy atom. The SMILES string of the molecule is COc1c(N2CC(CN)C(C(F)(F)F)C2)c(F)c(C(F)F)c2c(=O)[nH]c(=O)n(C3CC3)c12. The molecule has 7 nitrogen and oxygen atoms in total. The van der Waals surface area contributed by atoms with Gasteiger partial charge in [-0.15, -0.1) is 0 Å². The van der Waals surface area contributed by atoms with Gasteiger partial charge in [-0.1, -0.05) is 0 Å². The van der Waals surface area contributed by atoms with Gasteiger partial charge in [0.05, 0.1) is 24.0 Å². The van der Waals surface area contributed by atoms with Crippen molar-refractivity contribution in [1.82, 2.24) is 9.55 Å². The van der Waals surface area contributed by atoms with Gasteiger partial charge >= 0.3 is 11.9 Å². The summed E-state index contributed by atoms with van der Waals surface area (Å²) in [6.07, 6.45) is -7.09. The number of alkyl halides is 5. The van der Waals surface area contributed by atoms with Crippen molar-refractivity contribution in [2.45, 2.75) is 31.5 Å². The zero-order chi connectivity index (χ0) is 23.5. The lowest BCUT2D eigenvalue weighted by Gasteiger charge is -2.26. The van der Waals surface area contributed by atoms with Crippen molar-refractivity contribution in [3.63, 3.8) is 0 Å². The van der Waals surface area contributed by atoms with Crippen LogP contribution in [0.2, 0.25) is 0 Å². The molecular weight excluding hydrogens is 446 g/mol. The number of nitrogens with zero attached hydrogens (tertiary/aromatic N) is 2. The van der Waals surface area contributed by atoms with Crippen LogP contribution < -0.4 is 26.6 Å². The molecule has 2 atom stereocenters. The van der Waals surface area contributed by atoms with Crippen molar-refractivity contribution < 1.29 is 31.1 Å². The molecule has 2 heterocycles. The Balaban J connectivity index is 2.06. The minimum atomic E-state index is -4.64. The highest BCUT2D eigenvalue weighted by molar-refractivity contribution is 5.94. The molecule has 176 valence electrons. The number of rotatable bonds is 5. The summed E-state index contributed by atoms with van der Waals surface area (Å²) in [6, 6.07) is -0.433. The van der Waals surface area contributed by atoms with Gasteiger partial charge in [-0.05, 0) is 19.4 Å². The van der Waals surface area contributed by atoms with Crippen molar-refractivity contribution in [3.8, 4) is 5.75 Å². The van der Waals surface area contributed by atoms with Crippen LogP contribution >= 0.6 is 0 Å². The number of halogens is 6. The topological polar surface area (TPSA) is 93.3 Å². The van der Waals surface area contributed by atoms with Gasteiger partial charge in [0.15, 0.2) is 11.6 Å². The number of aromatic nitrogens is 2. The number of aromatic amines is 1. The van der Waals surface area contributed by atoms with Crippen LogP contribution in [0.1, 0.15) is 30.9 Å². The summed E-state index contributed by atoms with van der Waals surface area (Å²) < 4.78 is 90.2. The number of fused-ring (bicyclic) bond motifs is 1. The maximum Gasteiger partial charge on any atom is 0.393 e. The highest BCUT2D eigenvalue weighted by atomic mass is 19.4. The van der Waals surface area contributed by atoms with Crippen LogP contribution in [-0.2, 0) is 0 Å². The Hall–Kier alpha value is -2.70. The number of methoxy groups -OCH3 is 1. The maximum absolute atomic E-state index is 15.5. The second kappa shape index (κ2) is 7.71. The predicted molar refractivity (Wildman–Crippen MR) is 103 cm³/mol. The van der Waals surface area contributed by atoms with Crippen molar-refractivity contribution >= 4 is 16.6 Å². The zero-order valence-corrected chi connectivity index (χ0v) is 16.8. The van der Waals surface area contributed by atoms with Crippen LogP contribution in [0.5, 0.6) is 5.75 Å². The highest BCUT2D eigenvalue weighted by Crippen LogP contribution is 2.48. The van der Waals surface area contributed by atoms with E-state index in [1.54, 1.807) is 0 Å². The van der Waals surface area contributed by atoms with Gasteiger partial charge in [0.25, 0.3) is 12.0 Å². The third-order valence-electron chi connectivity index (χ3n) is 6.10. The first kappa shape index (κ1) is 22.5. The summed E-state index contributed by atoms with van der Waals surface area (Å²) in [5.74, 6) is -5.01. The molecule has 1 aromatic carbocycles. The first-order valence-electron chi connectivity index (χ1n) is 9.88. The fourth-order valence-corrected chi connectivity index (χ4v) is 4.50. The first-order valence-corrected chi connectivity index (χ1v) is 9.88. The van der Waals surface area contributed by atoms with Gasteiger partial charge < -0.3 is 15.4 Å². The molecule has 2 aromatic rings. The number of hydrogen-bond acceptors (Lipinski definition) is 5. The minimum Gasteiger partial charge on any atom is -0.492 e. The van der Waals surface area contributed by atoms with Crippen molar-refractivity contribution in [3.05, 3.63) is 32.2 Å². The summed E-state index contributed by atoms with van der Waals surface area (Å²) in [5, 5.41) is -0.758. The van der Waals surface area contributed by atoms with Gasteiger partial charge in [0.2, 0.25) is 0 Å². The number of H-pyrrole nitrogens is 1. The van der Waals surface area contributed by atoms with Gasteiger partial charge in [-0.25, -0.2) is 18.0 Å². The number of hydrogen-bond donors (Lipinski definition) is 2. The van der Waals surface area contributed by atoms with E-state index >= 15 is 4.39 Å².